The number of benzene rings is 1. The molecule has 5 nitrogen and oxygen atoms in total. The normalized spacial score (nSPS) is 12.9. The van der Waals surface area contributed by atoms with Gasteiger partial charge in [-0.2, -0.15) is 0 Å². The van der Waals surface area contributed by atoms with Gasteiger partial charge in [0.2, 0.25) is 5.91 Å². The highest BCUT2D eigenvalue weighted by molar-refractivity contribution is 8.00. The summed E-state index contributed by atoms with van der Waals surface area (Å²) >= 11 is 1.44. The van der Waals surface area contributed by atoms with Crippen LogP contribution in [0.2, 0.25) is 0 Å². The van der Waals surface area contributed by atoms with Crippen LogP contribution in [0.1, 0.15) is 40.2 Å². The number of amides is 1. The van der Waals surface area contributed by atoms with Crippen molar-refractivity contribution in [2.24, 2.45) is 0 Å². The molecular formula is C18H26N4OS. The first-order valence-electron chi connectivity index (χ1n) is 8.21. The van der Waals surface area contributed by atoms with Crippen LogP contribution in [-0.4, -0.2) is 31.5 Å². The maximum atomic E-state index is 12.3. The summed E-state index contributed by atoms with van der Waals surface area (Å²) in [6.07, 6.45) is 0. The van der Waals surface area contributed by atoms with Crippen molar-refractivity contribution in [3.8, 4) is 11.4 Å². The van der Waals surface area contributed by atoms with Crippen LogP contribution in [0.15, 0.2) is 29.4 Å². The van der Waals surface area contributed by atoms with Crippen LogP contribution < -0.4 is 5.32 Å². The first kappa shape index (κ1) is 18.5. The SMILES string of the molecule is CCn1c(S[C@H](C)C(=O)NC(C)(C)C)nnc1-c1ccccc1C. The number of hydrogen-bond acceptors (Lipinski definition) is 4. The van der Waals surface area contributed by atoms with E-state index < -0.39 is 0 Å². The van der Waals surface area contributed by atoms with Crippen LogP contribution in [-0.2, 0) is 11.3 Å². The third-order valence-corrected chi connectivity index (χ3v) is 4.65. The molecule has 0 bridgehead atoms. The van der Waals surface area contributed by atoms with E-state index in [-0.39, 0.29) is 16.7 Å². The van der Waals surface area contributed by atoms with Crippen LogP contribution in [0, 0.1) is 6.92 Å². The summed E-state index contributed by atoms with van der Waals surface area (Å²) in [4.78, 5) is 12.3. The number of aromatic nitrogens is 3. The zero-order valence-corrected chi connectivity index (χ0v) is 16.1. The van der Waals surface area contributed by atoms with Crippen molar-refractivity contribution in [1.29, 1.82) is 0 Å². The van der Waals surface area contributed by atoms with E-state index in [1.165, 1.54) is 11.8 Å². The molecule has 1 atom stereocenters. The van der Waals surface area contributed by atoms with Crippen molar-refractivity contribution in [3.05, 3.63) is 29.8 Å². The van der Waals surface area contributed by atoms with E-state index in [2.05, 4.69) is 46.1 Å². The standard InChI is InChI=1S/C18H26N4OS/c1-7-22-15(14-11-9-8-10-12(14)2)20-21-17(22)24-13(3)16(23)19-18(4,5)6/h8-11,13H,7H2,1-6H3,(H,19,23)/t13-/m1/s1. The van der Waals surface area contributed by atoms with Crippen LogP contribution in [0.25, 0.3) is 11.4 Å². The van der Waals surface area contributed by atoms with Crippen molar-refractivity contribution in [2.75, 3.05) is 0 Å². The predicted molar refractivity (Wildman–Crippen MR) is 99.1 cm³/mol. The molecule has 0 spiro atoms. The summed E-state index contributed by atoms with van der Waals surface area (Å²) in [7, 11) is 0. The number of rotatable bonds is 5. The molecule has 1 heterocycles. The van der Waals surface area contributed by atoms with E-state index in [9.17, 15) is 4.79 Å². The second-order valence-corrected chi connectivity index (χ2v) is 8.17. The fraction of sp³-hybridized carbons (Fsp3) is 0.500. The van der Waals surface area contributed by atoms with E-state index in [0.717, 1.165) is 28.7 Å². The Morgan fingerprint density at radius 1 is 1.29 bits per heavy atom. The van der Waals surface area contributed by atoms with Crippen LogP contribution in [0.3, 0.4) is 0 Å². The predicted octanol–water partition coefficient (Wildman–Crippen LogP) is 3.67. The largest absolute Gasteiger partial charge is 0.351 e. The Morgan fingerprint density at radius 3 is 2.54 bits per heavy atom. The third-order valence-electron chi connectivity index (χ3n) is 3.57. The van der Waals surface area contributed by atoms with E-state index >= 15 is 0 Å². The van der Waals surface area contributed by atoms with Gasteiger partial charge in [0.05, 0.1) is 5.25 Å². The summed E-state index contributed by atoms with van der Waals surface area (Å²) in [5, 5.41) is 12.2. The van der Waals surface area contributed by atoms with Crippen LogP contribution in [0.5, 0.6) is 0 Å². The highest BCUT2D eigenvalue weighted by atomic mass is 32.2. The van der Waals surface area contributed by atoms with Gasteiger partial charge in [0.1, 0.15) is 0 Å². The fourth-order valence-corrected chi connectivity index (χ4v) is 3.28. The van der Waals surface area contributed by atoms with Gasteiger partial charge in [-0.3, -0.25) is 4.79 Å². The van der Waals surface area contributed by atoms with Gasteiger partial charge in [0, 0.05) is 17.6 Å². The van der Waals surface area contributed by atoms with Crippen molar-refractivity contribution in [3.63, 3.8) is 0 Å². The Balaban J connectivity index is 2.24. The lowest BCUT2D eigenvalue weighted by atomic mass is 10.1. The summed E-state index contributed by atoms with van der Waals surface area (Å²) in [6.45, 7) is 12.7. The topological polar surface area (TPSA) is 59.8 Å². The summed E-state index contributed by atoms with van der Waals surface area (Å²) in [6, 6.07) is 8.13. The molecular weight excluding hydrogens is 320 g/mol. The molecule has 0 aliphatic rings. The van der Waals surface area contributed by atoms with Gasteiger partial charge in [-0.25, -0.2) is 0 Å². The van der Waals surface area contributed by atoms with E-state index in [4.69, 9.17) is 0 Å². The van der Waals surface area contributed by atoms with Crippen LogP contribution >= 0.6 is 11.8 Å². The van der Waals surface area contributed by atoms with Gasteiger partial charge in [0.15, 0.2) is 11.0 Å². The minimum absolute atomic E-state index is 0.00981. The van der Waals surface area contributed by atoms with Gasteiger partial charge >= 0.3 is 0 Å². The second-order valence-electron chi connectivity index (χ2n) is 6.86. The first-order valence-corrected chi connectivity index (χ1v) is 9.08. The molecule has 1 N–H and O–H groups in total. The smallest absolute Gasteiger partial charge is 0.233 e. The van der Waals surface area contributed by atoms with E-state index in [1.807, 2.05) is 39.8 Å². The molecule has 0 saturated carbocycles. The van der Waals surface area contributed by atoms with Crippen molar-refractivity contribution in [2.45, 2.75) is 64.0 Å². The van der Waals surface area contributed by atoms with Crippen molar-refractivity contribution in [1.82, 2.24) is 20.1 Å². The number of nitrogens with zero attached hydrogens (tertiary/aromatic N) is 3. The van der Waals surface area contributed by atoms with Gasteiger partial charge in [-0.15, -0.1) is 10.2 Å². The minimum atomic E-state index is -0.239. The van der Waals surface area contributed by atoms with E-state index in [0.29, 0.717) is 0 Å². The third kappa shape index (κ3) is 4.38. The zero-order chi connectivity index (χ0) is 17.9. The summed E-state index contributed by atoms with van der Waals surface area (Å²) in [5.41, 5.74) is 2.00. The van der Waals surface area contributed by atoms with Gasteiger partial charge in [0.25, 0.3) is 0 Å². The molecule has 2 aromatic rings. The number of hydrogen-bond donors (Lipinski definition) is 1. The number of aryl methyl sites for hydroxylation is 1. The Bertz CT molecular complexity index is 718. The zero-order valence-electron chi connectivity index (χ0n) is 15.3. The summed E-state index contributed by atoms with van der Waals surface area (Å²) < 4.78 is 2.06. The Labute approximate surface area is 148 Å². The number of carbonyl (C=O) groups excluding carboxylic acids is 1. The molecule has 1 aromatic heterocycles. The molecule has 0 fully saturated rings. The number of nitrogens with one attached hydrogen (secondary N) is 1. The van der Waals surface area contributed by atoms with Crippen molar-refractivity contribution < 1.29 is 4.79 Å². The molecule has 0 saturated heterocycles. The average molecular weight is 347 g/mol. The molecule has 1 aromatic carbocycles. The monoisotopic (exact) mass is 346 g/mol. The van der Waals surface area contributed by atoms with Gasteiger partial charge in [-0.05, 0) is 47.1 Å². The molecule has 0 aliphatic carbocycles. The minimum Gasteiger partial charge on any atom is -0.351 e. The molecule has 0 radical (unpaired) electrons. The second kappa shape index (κ2) is 7.38. The Kier molecular flexibility index (Phi) is 5.70. The maximum Gasteiger partial charge on any atom is 0.233 e. The molecule has 1 amide bonds. The Hall–Kier alpha value is -1.82. The lowest BCUT2D eigenvalue weighted by molar-refractivity contribution is -0.121. The quantitative estimate of drug-likeness (QED) is 0.839. The highest BCUT2D eigenvalue weighted by Gasteiger charge is 2.23. The van der Waals surface area contributed by atoms with E-state index in [1.54, 1.807) is 0 Å². The molecule has 6 heteroatoms. The number of carbonyl (C=O) groups is 1. The lowest BCUT2D eigenvalue weighted by Gasteiger charge is -2.22. The summed E-state index contributed by atoms with van der Waals surface area (Å²) in [5.74, 6) is 0.858. The Morgan fingerprint density at radius 2 is 1.96 bits per heavy atom. The van der Waals surface area contributed by atoms with Gasteiger partial charge in [-0.1, -0.05) is 36.0 Å². The van der Waals surface area contributed by atoms with Crippen molar-refractivity contribution >= 4 is 17.7 Å². The lowest BCUT2D eigenvalue weighted by Crippen LogP contribution is -2.44. The maximum absolute atomic E-state index is 12.3. The number of thioether (sulfide) groups is 1. The molecule has 24 heavy (non-hydrogen) atoms. The van der Waals surface area contributed by atoms with Gasteiger partial charge < -0.3 is 9.88 Å². The first-order chi connectivity index (χ1) is 11.2. The van der Waals surface area contributed by atoms with Crippen LogP contribution in [0.4, 0.5) is 0 Å². The highest BCUT2D eigenvalue weighted by Crippen LogP contribution is 2.28. The average Bonchev–Trinajstić information content (AvgIpc) is 2.88. The molecule has 2 rings (SSSR count). The molecule has 0 unspecified atom stereocenters. The fourth-order valence-electron chi connectivity index (χ4n) is 2.37. The molecule has 0 aliphatic heterocycles. The molecule has 130 valence electrons.